The van der Waals surface area contributed by atoms with Gasteiger partial charge in [-0.25, -0.2) is 0 Å². The molecule has 1 saturated carbocycles. The van der Waals surface area contributed by atoms with Crippen LogP contribution in [0.1, 0.15) is 32.6 Å². The summed E-state index contributed by atoms with van der Waals surface area (Å²) in [5.41, 5.74) is 5.46. The fraction of sp³-hybridized carbons (Fsp3) is 0.900. The van der Waals surface area contributed by atoms with E-state index in [9.17, 15) is 4.79 Å². The van der Waals surface area contributed by atoms with E-state index in [0.29, 0.717) is 12.6 Å². The molecule has 1 fully saturated rings. The van der Waals surface area contributed by atoms with Crippen LogP contribution in [0, 0.1) is 5.92 Å². The first-order valence-electron chi connectivity index (χ1n) is 5.13. The van der Waals surface area contributed by atoms with Gasteiger partial charge in [-0.1, -0.05) is 19.8 Å². The largest absolute Gasteiger partial charge is 0.343 e. The summed E-state index contributed by atoms with van der Waals surface area (Å²) < 4.78 is 0. The van der Waals surface area contributed by atoms with Gasteiger partial charge < -0.3 is 10.6 Å². The first-order valence-corrected chi connectivity index (χ1v) is 5.13. The molecule has 0 aromatic carbocycles. The Hall–Kier alpha value is -0.570. The highest BCUT2D eigenvalue weighted by molar-refractivity contribution is 5.78. The normalized spacial score (nSPS) is 20.2. The number of carbonyl (C=O) groups excluding carboxylic acids is 1. The van der Waals surface area contributed by atoms with Crippen molar-refractivity contribution in [3.8, 4) is 0 Å². The lowest BCUT2D eigenvalue weighted by Gasteiger charge is -2.26. The topological polar surface area (TPSA) is 46.3 Å². The molecule has 3 nitrogen and oxygen atoms in total. The van der Waals surface area contributed by atoms with E-state index in [2.05, 4.69) is 0 Å². The van der Waals surface area contributed by atoms with E-state index in [1.165, 1.54) is 25.7 Å². The van der Waals surface area contributed by atoms with E-state index in [1.54, 1.807) is 0 Å². The fourth-order valence-corrected chi connectivity index (χ4v) is 1.92. The van der Waals surface area contributed by atoms with Crippen molar-refractivity contribution in [2.24, 2.45) is 11.7 Å². The molecule has 0 bridgehead atoms. The molecular formula is C10H20N2O. The maximum atomic E-state index is 11.7. The van der Waals surface area contributed by atoms with Crippen molar-refractivity contribution >= 4 is 5.91 Å². The monoisotopic (exact) mass is 184 g/mol. The van der Waals surface area contributed by atoms with Gasteiger partial charge in [0, 0.05) is 25.6 Å². The Kier molecular flexibility index (Phi) is 3.72. The van der Waals surface area contributed by atoms with E-state index < -0.39 is 0 Å². The molecule has 1 amide bonds. The summed E-state index contributed by atoms with van der Waals surface area (Å²) in [7, 11) is 1.91. The van der Waals surface area contributed by atoms with Crippen LogP contribution in [-0.2, 0) is 4.79 Å². The number of carbonyl (C=O) groups is 1. The van der Waals surface area contributed by atoms with E-state index in [1.807, 2.05) is 18.9 Å². The highest BCUT2D eigenvalue weighted by Crippen LogP contribution is 2.23. The van der Waals surface area contributed by atoms with Gasteiger partial charge in [0.05, 0.1) is 0 Å². The summed E-state index contributed by atoms with van der Waals surface area (Å²) in [5.74, 6) is 0.181. The molecule has 3 heteroatoms. The molecule has 0 aromatic rings. The van der Waals surface area contributed by atoms with E-state index in [4.69, 9.17) is 5.73 Å². The number of nitrogens with zero attached hydrogens (tertiary/aromatic N) is 1. The molecule has 1 aliphatic rings. The van der Waals surface area contributed by atoms with Crippen molar-refractivity contribution < 1.29 is 4.79 Å². The third-order valence-electron chi connectivity index (χ3n) is 3.00. The summed E-state index contributed by atoms with van der Waals surface area (Å²) >= 11 is 0. The van der Waals surface area contributed by atoms with E-state index >= 15 is 0 Å². The van der Waals surface area contributed by atoms with Crippen molar-refractivity contribution in [3.05, 3.63) is 0 Å². The Morgan fingerprint density at radius 2 is 2.08 bits per heavy atom. The highest BCUT2D eigenvalue weighted by Gasteiger charge is 2.25. The molecular weight excluding hydrogens is 164 g/mol. The molecule has 1 atom stereocenters. The van der Waals surface area contributed by atoms with Crippen molar-refractivity contribution in [2.45, 2.75) is 38.6 Å². The second kappa shape index (κ2) is 4.61. The average Bonchev–Trinajstić information content (AvgIpc) is 2.67. The smallest absolute Gasteiger partial charge is 0.226 e. The minimum atomic E-state index is -0.0226. The summed E-state index contributed by atoms with van der Waals surface area (Å²) in [6.07, 6.45) is 4.86. The number of nitrogens with two attached hydrogens (primary N) is 1. The first kappa shape index (κ1) is 10.5. The maximum Gasteiger partial charge on any atom is 0.226 e. The minimum Gasteiger partial charge on any atom is -0.343 e. The third kappa shape index (κ3) is 2.44. The summed E-state index contributed by atoms with van der Waals surface area (Å²) in [4.78, 5) is 13.6. The molecule has 1 unspecified atom stereocenters. The van der Waals surface area contributed by atoms with Crippen LogP contribution in [0.5, 0.6) is 0 Å². The van der Waals surface area contributed by atoms with E-state index in [0.717, 1.165) is 0 Å². The summed E-state index contributed by atoms with van der Waals surface area (Å²) in [6, 6.07) is 0.474. The summed E-state index contributed by atoms with van der Waals surface area (Å²) in [6.45, 7) is 2.35. The van der Waals surface area contributed by atoms with Gasteiger partial charge in [-0.05, 0) is 12.8 Å². The molecule has 0 aliphatic heterocycles. The van der Waals surface area contributed by atoms with Gasteiger partial charge >= 0.3 is 0 Å². The minimum absolute atomic E-state index is 0.0226. The number of amides is 1. The van der Waals surface area contributed by atoms with Gasteiger partial charge in [-0.2, -0.15) is 0 Å². The molecule has 0 radical (unpaired) electrons. The SMILES string of the molecule is CC(CN)C(=O)N(C)C1CCCC1. The molecule has 0 heterocycles. The van der Waals surface area contributed by atoms with Crippen LogP contribution in [0.15, 0.2) is 0 Å². The molecule has 0 aromatic heterocycles. The van der Waals surface area contributed by atoms with Gasteiger partial charge in [0.1, 0.15) is 0 Å². The van der Waals surface area contributed by atoms with Gasteiger partial charge in [0.25, 0.3) is 0 Å². The Morgan fingerprint density at radius 3 is 2.54 bits per heavy atom. The Bertz CT molecular complexity index is 176. The Labute approximate surface area is 80.3 Å². The lowest BCUT2D eigenvalue weighted by Crippen LogP contribution is -2.40. The lowest BCUT2D eigenvalue weighted by molar-refractivity contribution is -0.135. The van der Waals surface area contributed by atoms with Crippen molar-refractivity contribution in [1.29, 1.82) is 0 Å². The zero-order valence-electron chi connectivity index (χ0n) is 8.62. The molecule has 76 valence electrons. The van der Waals surface area contributed by atoms with Crippen molar-refractivity contribution in [2.75, 3.05) is 13.6 Å². The third-order valence-corrected chi connectivity index (χ3v) is 3.00. The quantitative estimate of drug-likeness (QED) is 0.710. The average molecular weight is 184 g/mol. The molecule has 0 spiro atoms. The molecule has 2 N–H and O–H groups in total. The lowest BCUT2D eigenvalue weighted by atomic mass is 10.1. The standard InChI is InChI=1S/C10H20N2O/c1-8(7-11)10(13)12(2)9-5-3-4-6-9/h8-9H,3-7,11H2,1-2H3. The van der Waals surface area contributed by atoms with Crippen molar-refractivity contribution in [3.63, 3.8) is 0 Å². The summed E-state index contributed by atoms with van der Waals surface area (Å²) in [5, 5.41) is 0. The zero-order valence-corrected chi connectivity index (χ0v) is 8.62. The predicted octanol–water partition coefficient (Wildman–Crippen LogP) is 0.982. The van der Waals surface area contributed by atoms with Crippen LogP contribution in [0.25, 0.3) is 0 Å². The van der Waals surface area contributed by atoms with Crippen LogP contribution >= 0.6 is 0 Å². The molecule has 1 aliphatic carbocycles. The Morgan fingerprint density at radius 1 is 1.54 bits per heavy atom. The van der Waals surface area contributed by atoms with Gasteiger partial charge in [-0.15, -0.1) is 0 Å². The number of rotatable bonds is 3. The van der Waals surface area contributed by atoms with Crippen LogP contribution < -0.4 is 5.73 Å². The highest BCUT2D eigenvalue weighted by atomic mass is 16.2. The number of hydrogen-bond donors (Lipinski definition) is 1. The Balaban J connectivity index is 2.45. The maximum absolute atomic E-state index is 11.7. The van der Waals surface area contributed by atoms with Crippen LogP contribution in [0.2, 0.25) is 0 Å². The van der Waals surface area contributed by atoms with E-state index in [-0.39, 0.29) is 11.8 Å². The fourth-order valence-electron chi connectivity index (χ4n) is 1.92. The molecule has 13 heavy (non-hydrogen) atoms. The van der Waals surface area contributed by atoms with Gasteiger partial charge in [0.15, 0.2) is 0 Å². The molecule has 1 rings (SSSR count). The predicted molar refractivity (Wildman–Crippen MR) is 53.2 cm³/mol. The van der Waals surface area contributed by atoms with Crippen LogP contribution in [0.3, 0.4) is 0 Å². The zero-order chi connectivity index (χ0) is 9.84. The van der Waals surface area contributed by atoms with Gasteiger partial charge in [-0.3, -0.25) is 4.79 Å². The van der Waals surface area contributed by atoms with Crippen LogP contribution in [-0.4, -0.2) is 30.4 Å². The number of hydrogen-bond acceptors (Lipinski definition) is 2. The van der Waals surface area contributed by atoms with Crippen molar-refractivity contribution in [1.82, 2.24) is 4.90 Å². The molecule has 0 saturated heterocycles. The van der Waals surface area contributed by atoms with Crippen LogP contribution in [0.4, 0.5) is 0 Å². The first-order chi connectivity index (χ1) is 6.16. The second-order valence-electron chi connectivity index (χ2n) is 4.02. The second-order valence-corrected chi connectivity index (χ2v) is 4.02. The van der Waals surface area contributed by atoms with Gasteiger partial charge in [0.2, 0.25) is 5.91 Å².